The molecule has 0 atom stereocenters. The smallest absolute Gasteiger partial charge is 0.162 e. The Balaban J connectivity index is 3.93. The average molecular weight is 276 g/mol. The Kier molecular flexibility index (Phi) is 7.51. The summed E-state index contributed by atoms with van der Waals surface area (Å²) in [5.74, 6) is -3.08. The van der Waals surface area contributed by atoms with E-state index in [2.05, 4.69) is 13.8 Å². The minimum absolute atomic E-state index is 0.0909. The lowest BCUT2D eigenvalue weighted by Gasteiger charge is -2.28. The largest absolute Gasteiger partial charge is 0.366 e. The predicted octanol–water partition coefficient (Wildman–Crippen LogP) is 2.54. The molecule has 0 aliphatic rings. The first kappa shape index (κ1) is 18.8. The highest BCUT2D eigenvalue weighted by Gasteiger charge is 2.25. The van der Waals surface area contributed by atoms with Crippen LogP contribution in [-0.2, 0) is 0 Å². The van der Waals surface area contributed by atoms with Crippen molar-refractivity contribution in [3.8, 4) is 0 Å². The molecule has 0 aliphatic carbocycles. The van der Waals surface area contributed by atoms with Crippen LogP contribution >= 0.6 is 0 Å². The lowest BCUT2D eigenvalue weighted by Crippen LogP contribution is -2.28. The van der Waals surface area contributed by atoms with Gasteiger partial charge in [-0.3, -0.25) is 0 Å². The van der Waals surface area contributed by atoms with Gasteiger partial charge in [0, 0.05) is 12.8 Å². The van der Waals surface area contributed by atoms with Crippen LogP contribution in [0.4, 0.5) is 0 Å². The van der Waals surface area contributed by atoms with Crippen molar-refractivity contribution >= 4 is 0 Å². The topological polar surface area (TPSA) is 80.9 Å². The van der Waals surface area contributed by atoms with Crippen molar-refractivity contribution in [1.82, 2.24) is 0 Å². The van der Waals surface area contributed by atoms with Gasteiger partial charge in [0.15, 0.2) is 11.6 Å². The highest BCUT2D eigenvalue weighted by molar-refractivity contribution is 4.73. The van der Waals surface area contributed by atoms with Gasteiger partial charge in [0.05, 0.1) is 0 Å². The highest BCUT2D eigenvalue weighted by Crippen LogP contribution is 2.32. The van der Waals surface area contributed by atoms with Crippen molar-refractivity contribution in [3.63, 3.8) is 0 Å². The third-order valence-electron chi connectivity index (χ3n) is 3.99. The Bertz CT molecular complexity index is 223. The van der Waals surface area contributed by atoms with E-state index in [-0.39, 0.29) is 5.41 Å². The summed E-state index contributed by atoms with van der Waals surface area (Å²) < 4.78 is 0. The second-order valence-electron chi connectivity index (χ2n) is 6.54. The van der Waals surface area contributed by atoms with Crippen LogP contribution < -0.4 is 0 Å². The zero-order chi connectivity index (χ0) is 15.2. The fourth-order valence-electron chi connectivity index (χ4n) is 2.18. The van der Waals surface area contributed by atoms with Gasteiger partial charge in [-0.25, -0.2) is 0 Å². The fraction of sp³-hybridized carbons (Fsp3) is 1.00. The van der Waals surface area contributed by atoms with Crippen molar-refractivity contribution in [2.45, 2.75) is 90.6 Å². The van der Waals surface area contributed by atoms with E-state index in [4.69, 9.17) is 0 Å². The maximum absolute atomic E-state index is 9.52. The first-order chi connectivity index (χ1) is 8.54. The van der Waals surface area contributed by atoms with Gasteiger partial charge in [-0.15, -0.1) is 0 Å². The van der Waals surface area contributed by atoms with Gasteiger partial charge in [-0.2, -0.15) is 0 Å². The molecule has 116 valence electrons. The van der Waals surface area contributed by atoms with Gasteiger partial charge in [0.25, 0.3) is 0 Å². The molecule has 4 N–H and O–H groups in total. The van der Waals surface area contributed by atoms with Crippen molar-refractivity contribution < 1.29 is 20.4 Å². The van der Waals surface area contributed by atoms with Crippen LogP contribution in [-0.4, -0.2) is 32.0 Å². The van der Waals surface area contributed by atoms with Crippen LogP contribution in [0.3, 0.4) is 0 Å². The van der Waals surface area contributed by atoms with Crippen LogP contribution in [0.5, 0.6) is 0 Å². The highest BCUT2D eigenvalue weighted by atomic mass is 16.5. The summed E-state index contributed by atoms with van der Waals surface area (Å²) in [5, 5.41) is 38.1. The molecule has 0 bridgehead atoms. The number of rotatable bonds is 10. The number of hydrogen-bond acceptors (Lipinski definition) is 4. The summed E-state index contributed by atoms with van der Waals surface area (Å²) in [5.41, 5.74) is 0.0909. The van der Waals surface area contributed by atoms with E-state index >= 15 is 0 Å². The zero-order valence-electron chi connectivity index (χ0n) is 12.9. The lowest BCUT2D eigenvalue weighted by molar-refractivity contribution is -0.169. The number of hydrogen-bond donors (Lipinski definition) is 4. The molecular formula is C15H32O4. The van der Waals surface area contributed by atoms with E-state index < -0.39 is 11.6 Å². The van der Waals surface area contributed by atoms with E-state index in [9.17, 15) is 20.4 Å². The quantitative estimate of drug-likeness (QED) is 0.462. The summed E-state index contributed by atoms with van der Waals surface area (Å²) in [4.78, 5) is 0. The Morgan fingerprint density at radius 1 is 0.632 bits per heavy atom. The Morgan fingerprint density at radius 3 is 1.21 bits per heavy atom. The molecule has 19 heavy (non-hydrogen) atoms. The standard InChI is InChI=1S/C15H32O4/c1-5-14(16,17)11-7-9-13(3,4)10-8-12-15(18,19)6-2/h16-19H,5-12H2,1-4H3. The van der Waals surface area contributed by atoms with Crippen LogP contribution in [0.2, 0.25) is 0 Å². The lowest BCUT2D eigenvalue weighted by atomic mass is 9.81. The molecule has 0 rings (SSSR count). The summed E-state index contributed by atoms with van der Waals surface area (Å²) in [6.07, 6.45) is 4.84. The predicted molar refractivity (Wildman–Crippen MR) is 76.4 cm³/mol. The van der Waals surface area contributed by atoms with Crippen molar-refractivity contribution in [2.24, 2.45) is 5.41 Å². The minimum atomic E-state index is -1.54. The minimum Gasteiger partial charge on any atom is -0.366 e. The molecule has 0 fully saturated rings. The van der Waals surface area contributed by atoms with Crippen molar-refractivity contribution in [1.29, 1.82) is 0 Å². The molecule has 0 spiro atoms. The van der Waals surface area contributed by atoms with Crippen LogP contribution in [0.25, 0.3) is 0 Å². The molecule has 0 amide bonds. The Labute approximate surface area is 117 Å². The van der Waals surface area contributed by atoms with Gasteiger partial charge >= 0.3 is 0 Å². The molecule has 0 radical (unpaired) electrons. The van der Waals surface area contributed by atoms with E-state index in [0.717, 1.165) is 25.7 Å². The van der Waals surface area contributed by atoms with E-state index in [0.29, 0.717) is 25.7 Å². The molecule has 0 aliphatic heterocycles. The normalized spacial score (nSPS) is 13.9. The van der Waals surface area contributed by atoms with Gasteiger partial charge in [-0.05, 0) is 43.9 Å². The van der Waals surface area contributed by atoms with Gasteiger partial charge in [-0.1, -0.05) is 27.7 Å². The summed E-state index contributed by atoms with van der Waals surface area (Å²) >= 11 is 0. The van der Waals surface area contributed by atoms with Gasteiger partial charge in [0.2, 0.25) is 0 Å². The average Bonchev–Trinajstić information content (AvgIpc) is 2.28. The Hall–Kier alpha value is -0.160. The molecule has 0 saturated heterocycles. The first-order valence-electron chi connectivity index (χ1n) is 7.43. The van der Waals surface area contributed by atoms with Crippen molar-refractivity contribution in [2.75, 3.05) is 0 Å². The first-order valence-corrected chi connectivity index (χ1v) is 7.43. The second kappa shape index (κ2) is 7.58. The van der Waals surface area contributed by atoms with Gasteiger partial charge < -0.3 is 20.4 Å². The molecule has 0 heterocycles. The maximum Gasteiger partial charge on any atom is 0.162 e. The fourth-order valence-corrected chi connectivity index (χ4v) is 2.18. The molecular weight excluding hydrogens is 244 g/mol. The molecule has 0 aromatic rings. The third kappa shape index (κ3) is 9.38. The van der Waals surface area contributed by atoms with E-state index in [1.165, 1.54) is 0 Å². The Morgan fingerprint density at radius 2 is 0.947 bits per heavy atom. The number of aliphatic hydroxyl groups is 4. The summed E-state index contributed by atoms with van der Waals surface area (Å²) in [6, 6.07) is 0. The van der Waals surface area contributed by atoms with Gasteiger partial charge in [0.1, 0.15) is 0 Å². The zero-order valence-corrected chi connectivity index (χ0v) is 12.9. The molecule has 0 unspecified atom stereocenters. The third-order valence-corrected chi connectivity index (χ3v) is 3.99. The van der Waals surface area contributed by atoms with Crippen LogP contribution in [0.15, 0.2) is 0 Å². The van der Waals surface area contributed by atoms with E-state index in [1.54, 1.807) is 13.8 Å². The molecule has 0 saturated carbocycles. The molecule has 4 nitrogen and oxygen atoms in total. The second-order valence-corrected chi connectivity index (χ2v) is 6.54. The van der Waals surface area contributed by atoms with E-state index in [1.807, 2.05) is 0 Å². The summed E-state index contributed by atoms with van der Waals surface area (Å²) in [6.45, 7) is 7.80. The van der Waals surface area contributed by atoms with Crippen LogP contribution in [0, 0.1) is 5.41 Å². The molecule has 0 aromatic carbocycles. The monoisotopic (exact) mass is 276 g/mol. The van der Waals surface area contributed by atoms with Crippen molar-refractivity contribution in [3.05, 3.63) is 0 Å². The maximum atomic E-state index is 9.52. The summed E-state index contributed by atoms with van der Waals surface area (Å²) in [7, 11) is 0. The molecule has 4 heteroatoms. The van der Waals surface area contributed by atoms with Crippen LogP contribution in [0.1, 0.15) is 79.1 Å². The molecule has 0 aromatic heterocycles. The SMILES string of the molecule is CCC(O)(O)CCCC(C)(C)CCCC(O)(O)CC.